The molecular weight excluding hydrogens is 312 g/mol. The summed E-state index contributed by atoms with van der Waals surface area (Å²) in [5.74, 6) is 0.0490. The molecule has 1 aromatic rings. The summed E-state index contributed by atoms with van der Waals surface area (Å²) in [4.78, 5) is 29.5. The zero-order chi connectivity index (χ0) is 18.0. The van der Waals surface area contributed by atoms with Crippen molar-refractivity contribution in [2.45, 2.75) is 65.3 Å². The maximum Gasteiger partial charge on any atom is 0.228 e. The third-order valence-corrected chi connectivity index (χ3v) is 5.63. The fourth-order valence-electron chi connectivity index (χ4n) is 4.45. The maximum absolute atomic E-state index is 13.1. The van der Waals surface area contributed by atoms with E-state index >= 15 is 0 Å². The lowest BCUT2D eigenvalue weighted by Gasteiger charge is -2.35. The van der Waals surface area contributed by atoms with Gasteiger partial charge in [0.2, 0.25) is 11.8 Å². The summed E-state index contributed by atoms with van der Waals surface area (Å²) in [5.41, 5.74) is 3.23. The van der Waals surface area contributed by atoms with E-state index in [4.69, 9.17) is 0 Å². The van der Waals surface area contributed by atoms with Crippen LogP contribution in [0.3, 0.4) is 0 Å². The summed E-state index contributed by atoms with van der Waals surface area (Å²) in [6, 6.07) is 6.55. The number of hydrogen-bond acceptors (Lipinski definition) is 2. The molecule has 0 radical (unpaired) electrons. The quantitative estimate of drug-likeness (QED) is 0.834. The minimum atomic E-state index is -0.199. The summed E-state index contributed by atoms with van der Waals surface area (Å²) >= 11 is 0. The van der Waals surface area contributed by atoms with E-state index in [1.54, 1.807) is 4.90 Å². The molecule has 4 nitrogen and oxygen atoms in total. The lowest BCUT2D eigenvalue weighted by atomic mass is 9.93. The molecule has 2 fully saturated rings. The molecule has 0 spiro atoms. The monoisotopic (exact) mass is 342 g/mol. The fourth-order valence-corrected chi connectivity index (χ4v) is 4.45. The molecule has 136 valence electrons. The van der Waals surface area contributed by atoms with E-state index in [2.05, 4.69) is 13.0 Å². The van der Waals surface area contributed by atoms with Crippen LogP contribution < -0.4 is 4.90 Å². The zero-order valence-electron chi connectivity index (χ0n) is 15.8. The highest BCUT2D eigenvalue weighted by Gasteiger charge is 2.38. The van der Waals surface area contributed by atoms with E-state index in [1.807, 2.05) is 30.9 Å². The van der Waals surface area contributed by atoms with Crippen molar-refractivity contribution in [2.75, 3.05) is 18.0 Å². The van der Waals surface area contributed by atoms with Crippen LogP contribution in [0.4, 0.5) is 5.69 Å². The fraction of sp³-hybridized carbons (Fsp3) is 0.619. The number of rotatable bonds is 4. The number of carbonyl (C=O) groups excluding carboxylic acids is 2. The van der Waals surface area contributed by atoms with E-state index in [1.165, 1.54) is 19.3 Å². The van der Waals surface area contributed by atoms with Crippen molar-refractivity contribution in [3.8, 4) is 0 Å². The maximum atomic E-state index is 13.1. The van der Waals surface area contributed by atoms with Gasteiger partial charge >= 0.3 is 0 Å². The Balaban J connectivity index is 1.73. The SMILES string of the molecule is CCN(C(=O)C1CC(=O)N(c2cc(C)cc(C)c2)C1)C1CCCCC1. The van der Waals surface area contributed by atoms with Crippen LogP contribution in [0.1, 0.15) is 56.6 Å². The van der Waals surface area contributed by atoms with Gasteiger partial charge in [0.1, 0.15) is 0 Å². The minimum absolute atomic E-state index is 0.0723. The van der Waals surface area contributed by atoms with Crippen molar-refractivity contribution in [2.24, 2.45) is 5.92 Å². The first-order valence-electron chi connectivity index (χ1n) is 9.68. The lowest BCUT2D eigenvalue weighted by Crippen LogP contribution is -2.45. The van der Waals surface area contributed by atoms with Gasteiger partial charge in [-0.15, -0.1) is 0 Å². The standard InChI is InChI=1S/C21H30N2O2/c1-4-22(18-8-6-5-7-9-18)21(25)17-13-20(24)23(14-17)19-11-15(2)10-16(3)12-19/h10-12,17-18H,4-9,13-14H2,1-3H3. The third kappa shape index (κ3) is 3.88. The van der Waals surface area contributed by atoms with Crippen LogP contribution in [-0.4, -0.2) is 35.8 Å². The average Bonchev–Trinajstić information content (AvgIpc) is 2.97. The number of anilines is 1. The Labute approximate surface area is 151 Å². The highest BCUT2D eigenvalue weighted by molar-refractivity contribution is 6.00. The molecule has 1 aromatic carbocycles. The van der Waals surface area contributed by atoms with Crippen LogP contribution in [0.15, 0.2) is 18.2 Å². The normalized spacial score (nSPS) is 21.6. The third-order valence-electron chi connectivity index (χ3n) is 5.63. The van der Waals surface area contributed by atoms with E-state index in [0.29, 0.717) is 19.0 Å². The Morgan fingerprint density at radius 1 is 1.12 bits per heavy atom. The van der Waals surface area contributed by atoms with E-state index in [0.717, 1.165) is 36.2 Å². The zero-order valence-corrected chi connectivity index (χ0v) is 15.8. The minimum Gasteiger partial charge on any atom is -0.340 e. The van der Waals surface area contributed by atoms with Gasteiger partial charge in [-0.1, -0.05) is 25.3 Å². The van der Waals surface area contributed by atoms with Gasteiger partial charge in [-0.2, -0.15) is 0 Å². The van der Waals surface area contributed by atoms with E-state index < -0.39 is 0 Å². The molecule has 1 aliphatic heterocycles. The second-order valence-corrected chi connectivity index (χ2v) is 7.67. The molecule has 1 unspecified atom stereocenters. The number of aryl methyl sites for hydroxylation is 2. The van der Waals surface area contributed by atoms with Crippen molar-refractivity contribution in [1.82, 2.24) is 4.90 Å². The lowest BCUT2D eigenvalue weighted by molar-refractivity contribution is -0.138. The molecule has 3 rings (SSSR count). The van der Waals surface area contributed by atoms with Crippen LogP contribution in [-0.2, 0) is 9.59 Å². The second-order valence-electron chi connectivity index (χ2n) is 7.67. The molecule has 25 heavy (non-hydrogen) atoms. The van der Waals surface area contributed by atoms with E-state index in [-0.39, 0.29) is 17.7 Å². The highest BCUT2D eigenvalue weighted by Crippen LogP contribution is 2.30. The van der Waals surface area contributed by atoms with Crippen LogP contribution in [0.5, 0.6) is 0 Å². The molecular formula is C21H30N2O2. The molecule has 1 heterocycles. The number of amides is 2. The molecule has 0 bridgehead atoms. The van der Waals surface area contributed by atoms with Gasteiger partial charge in [-0.05, 0) is 56.9 Å². The first-order chi connectivity index (χ1) is 12.0. The van der Waals surface area contributed by atoms with Gasteiger partial charge in [-0.3, -0.25) is 9.59 Å². The Hall–Kier alpha value is -1.84. The molecule has 0 aromatic heterocycles. The Kier molecular flexibility index (Phi) is 5.45. The van der Waals surface area contributed by atoms with Crippen molar-refractivity contribution in [3.63, 3.8) is 0 Å². The predicted molar refractivity (Wildman–Crippen MR) is 101 cm³/mol. The van der Waals surface area contributed by atoms with Gasteiger partial charge in [-0.25, -0.2) is 0 Å². The number of nitrogens with zero attached hydrogens (tertiary/aromatic N) is 2. The molecule has 2 aliphatic rings. The molecule has 1 saturated carbocycles. The topological polar surface area (TPSA) is 40.6 Å². The van der Waals surface area contributed by atoms with E-state index in [9.17, 15) is 9.59 Å². The smallest absolute Gasteiger partial charge is 0.228 e. The van der Waals surface area contributed by atoms with Crippen molar-refractivity contribution in [1.29, 1.82) is 0 Å². The van der Waals surface area contributed by atoms with Gasteiger partial charge in [0.15, 0.2) is 0 Å². The molecule has 4 heteroatoms. The average molecular weight is 342 g/mol. The van der Waals surface area contributed by atoms with Gasteiger partial charge in [0.25, 0.3) is 0 Å². The van der Waals surface area contributed by atoms with Crippen LogP contribution in [0, 0.1) is 19.8 Å². The summed E-state index contributed by atoms with van der Waals surface area (Å²) < 4.78 is 0. The molecule has 0 N–H and O–H groups in total. The largest absolute Gasteiger partial charge is 0.340 e. The molecule has 1 saturated heterocycles. The summed E-state index contributed by atoms with van der Waals surface area (Å²) in [6.07, 6.45) is 6.28. The van der Waals surface area contributed by atoms with Crippen LogP contribution in [0.2, 0.25) is 0 Å². The van der Waals surface area contributed by atoms with Crippen molar-refractivity contribution < 1.29 is 9.59 Å². The Bertz CT molecular complexity index is 629. The molecule has 1 atom stereocenters. The first kappa shape index (κ1) is 18.0. The summed E-state index contributed by atoms with van der Waals surface area (Å²) in [5, 5.41) is 0. The van der Waals surface area contributed by atoms with Crippen molar-refractivity contribution in [3.05, 3.63) is 29.3 Å². The second kappa shape index (κ2) is 7.59. The first-order valence-corrected chi connectivity index (χ1v) is 9.68. The Morgan fingerprint density at radius 2 is 1.76 bits per heavy atom. The number of benzene rings is 1. The number of hydrogen-bond donors (Lipinski definition) is 0. The summed E-state index contributed by atoms with van der Waals surface area (Å²) in [7, 11) is 0. The van der Waals surface area contributed by atoms with Crippen LogP contribution in [0.25, 0.3) is 0 Å². The van der Waals surface area contributed by atoms with Crippen LogP contribution >= 0.6 is 0 Å². The van der Waals surface area contributed by atoms with Gasteiger partial charge in [0, 0.05) is 31.2 Å². The highest BCUT2D eigenvalue weighted by atomic mass is 16.2. The van der Waals surface area contributed by atoms with Gasteiger partial charge < -0.3 is 9.80 Å². The Morgan fingerprint density at radius 3 is 2.36 bits per heavy atom. The summed E-state index contributed by atoms with van der Waals surface area (Å²) in [6.45, 7) is 7.41. The predicted octanol–water partition coefficient (Wildman–Crippen LogP) is 3.84. The van der Waals surface area contributed by atoms with Crippen molar-refractivity contribution >= 4 is 17.5 Å². The molecule has 2 amide bonds. The molecule has 1 aliphatic carbocycles. The van der Waals surface area contributed by atoms with Gasteiger partial charge in [0.05, 0.1) is 5.92 Å². The number of carbonyl (C=O) groups is 2.